The summed E-state index contributed by atoms with van der Waals surface area (Å²) in [6.45, 7) is 32.7. The van der Waals surface area contributed by atoms with E-state index in [9.17, 15) is 16.8 Å². The van der Waals surface area contributed by atoms with Gasteiger partial charge in [0.05, 0.1) is 79.5 Å². The second kappa shape index (κ2) is 23.1. The molecule has 0 N–H and O–H groups in total. The Morgan fingerprint density at radius 1 is 0.844 bits per heavy atom. The van der Waals surface area contributed by atoms with E-state index in [0.717, 1.165) is 31.1 Å². The van der Waals surface area contributed by atoms with Crippen LogP contribution in [0.15, 0.2) is 47.4 Å². The smallest absolute Gasteiger partial charge is 0.264 e. The minimum absolute atomic E-state index is 0.00960. The van der Waals surface area contributed by atoms with Gasteiger partial charge in [-0.3, -0.25) is 4.18 Å². The summed E-state index contributed by atoms with van der Waals surface area (Å²) in [4.78, 5) is 0.269. The van der Waals surface area contributed by atoms with E-state index in [4.69, 9.17) is 36.7 Å². The van der Waals surface area contributed by atoms with Crippen molar-refractivity contribution in [3.63, 3.8) is 0 Å². The molecule has 12 nitrogen and oxygen atoms in total. The van der Waals surface area contributed by atoms with Gasteiger partial charge in [-0.05, 0) is 105 Å². The monoisotopic (exact) mass is 975 g/mol. The zero-order chi connectivity index (χ0) is 47.9. The number of hydrogen-bond donors (Lipinski definition) is 0. The first-order valence-corrected chi connectivity index (χ1v) is 33.0. The zero-order valence-corrected chi connectivity index (χ0v) is 45.5. The normalized spacial score (nSPS) is 26.9. The molecule has 0 bridgehead atoms. The largest absolute Gasteiger partial charge is 0.414 e. The summed E-state index contributed by atoms with van der Waals surface area (Å²) < 4.78 is 104. The van der Waals surface area contributed by atoms with Gasteiger partial charge < -0.3 is 32.5 Å². The lowest BCUT2D eigenvalue weighted by atomic mass is 9.87. The van der Waals surface area contributed by atoms with Gasteiger partial charge in [0.25, 0.3) is 10.1 Å². The molecular formula is C48H86O12S2Si2. The first-order valence-electron chi connectivity index (χ1n) is 23.7. The first-order chi connectivity index (χ1) is 29.5. The van der Waals surface area contributed by atoms with E-state index in [1.165, 1.54) is 0 Å². The van der Waals surface area contributed by atoms with E-state index in [1.807, 2.05) is 6.07 Å². The van der Waals surface area contributed by atoms with Gasteiger partial charge in [-0.1, -0.05) is 85.7 Å². The van der Waals surface area contributed by atoms with E-state index in [-0.39, 0.29) is 51.2 Å². The molecule has 0 radical (unpaired) electrons. The number of allylic oxidation sites excluding steroid dienone is 1. The van der Waals surface area contributed by atoms with Gasteiger partial charge in [-0.25, -0.2) is 8.42 Å². The number of sulfone groups is 1. The average Bonchev–Trinajstić information content (AvgIpc) is 3.91. The molecule has 16 heteroatoms. The van der Waals surface area contributed by atoms with Crippen LogP contribution >= 0.6 is 0 Å². The maximum Gasteiger partial charge on any atom is 0.264 e. The predicted octanol–water partition coefficient (Wildman–Crippen LogP) is 10.1. The third-order valence-electron chi connectivity index (χ3n) is 14.8. The zero-order valence-electron chi connectivity index (χ0n) is 41.9. The average molecular weight is 976 g/mol. The highest BCUT2D eigenvalue weighted by Crippen LogP contribution is 2.43. The van der Waals surface area contributed by atoms with E-state index in [2.05, 4.69) is 88.2 Å². The maximum atomic E-state index is 14.0. The minimum Gasteiger partial charge on any atom is -0.414 e. The van der Waals surface area contributed by atoms with Crippen molar-refractivity contribution in [3.8, 4) is 0 Å². The molecule has 370 valence electrons. The molecular weight excluding hydrogens is 889 g/mol. The molecule has 2 unspecified atom stereocenters. The fraction of sp³-hybridized carbons (Fsp3) is 0.833. The summed E-state index contributed by atoms with van der Waals surface area (Å²) in [6, 6.07) is 8.57. The third kappa shape index (κ3) is 16.3. The highest BCUT2D eigenvalue weighted by atomic mass is 32.2. The van der Waals surface area contributed by atoms with Crippen LogP contribution < -0.4 is 0 Å². The lowest BCUT2D eigenvalue weighted by Crippen LogP contribution is -2.49. The highest BCUT2D eigenvalue weighted by Gasteiger charge is 2.49. The molecule has 64 heavy (non-hydrogen) atoms. The quantitative estimate of drug-likeness (QED) is 0.0523. The van der Waals surface area contributed by atoms with Crippen molar-refractivity contribution >= 4 is 36.6 Å². The van der Waals surface area contributed by atoms with Crippen molar-refractivity contribution in [1.29, 1.82) is 0 Å². The Bertz CT molecular complexity index is 1820. The van der Waals surface area contributed by atoms with Crippen molar-refractivity contribution in [2.75, 3.05) is 38.9 Å². The van der Waals surface area contributed by atoms with Crippen molar-refractivity contribution in [2.45, 2.75) is 203 Å². The van der Waals surface area contributed by atoms with Gasteiger partial charge in [-0.15, -0.1) is 0 Å². The molecule has 4 rings (SSSR count). The Morgan fingerprint density at radius 2 is 1.47 bits per heavy atom. The standard InChI is InChI=1S/C48H86O12S2Si2/c1-34(35(2)29-38(59-61(11,49)50)22-25-42-36(3)30-37(57-42)23-26-45-54-27-28-55-45)21-24-43-41(33-62(51,52)40-19-17-16-18-20-40)46(53-10)44(58-43)31-39(60-64(14,15)48(7,8)9)32-56-63(12,13)47(4,5)6/h16-20,35-39,41-46H,1,21-33H2,2-15H3/t35-,36?,37-,38+,39-,41-,42-,43-,44+,46?/m0/s1. The van der Waals surface area contributed by atoms with E-state index < -0.39 is 66.9 Å². The predicted molar refractivity (Wildman–Crippen MR) is 260 cm³/mol. The Balaban J connectivity index is 1.49. The van der Waals surface area contributed by atoms with Crippen molar-refractivity contribution in [3.05, 3.63) is 42.5 Å². The SMILES string of the molecule is C=C(CC[C@@H]1O[C@H](C[C@@H](CO[Si](C)(C)C(C)(C)C)O[Si](C)(C)C(C)(C)C)C(OC)[C@H]1CS(=O)(=O)c1ccccc1)[C@@H](C)C[C@@H](CC[C@@H]1O[C@@H](CCC2OCCO2)CC1C)OS(C)(=O)=O. The van der Waals surface area contributed by atoms with Crippen LogP contribution in [0.1, 0.15) is 113 Å². The minimum atomic E-state index is -3.72. The molecule has 1 aromatic rings. The lowest BCUT2D eigenvalue weighted by Gasteiger charge is -2.42. The second-order valence-corrected chi connectivity index (χ2v) is 35.3. The van der Waals surface area contributed by atoms with Gasteiger partial charge in [0, 0.05) is 25.9 Å². The molecule has 0 aliphatic carbocycles. The van der Waals surface area contributed by atoms with E-state index in [1.54, 1.807) is 31.4 Å². The van der Waals surface area contributed by atoms with Crippen LogP contribution in [0.4, 0.5) is 0 Å². The summed E-state index contributed by atoms with van der Waals surface area (Å²) in [5.41, 5.74) is 0.927. The number of hydrogen-bond acceptors (Lipinski definition) is 12. The molecule has 3 saturated heterocycles. The summed E-state index contributed by atoms with van der Waals surface area (Å²) in [6.07, 6.45) is 4.69. The van der Waals surface area contributed by atoms with Crippen LogP contribution in [0, 0.1) is 17.8 Å². The Morgan fingerprint density at radius 3 is 2.05 bits per heavy atom. The Kier molecular flexibility index (Phi) is 20.0. The van der Waals surface area contributed by atoms with Crippen LogP contribution in [0.2, 0.25) is 36.3 Å². The van der Waals surface area contributed by atoms with Crippen LogP contribution in [0.3, 0.4) is 0 Å². The molecule has 1 aromatic carbocycles. The van der Waals surface area contributed by atoms with Gasteiger partial charge in [0.15, 0.2) is 32.8 Å². The Hall–Kier alpha value is -1.03. The molecule has 0 amide bonds. The summed E-state index contributed by atoms with van der Waals surface area (Å²) in [7, 11) is -10.2. The molecule has 10 atom stereocenters. The molecule has 0 saturated carbocycles. The van der Waals surface area contributed by atoms with Crippen molar-refractivity contribution in [2.24, 2.45) is 17.8 Å². The van der Waals surface area contributed by atoms with Crippen LogP contribution in [-0.2, 0) is 56.7 Å². The molecule has 0 aromatic heterocycles. The molecule has 3 heterocycles. The van der Waals surface area contributed by atoms with Gasteiger partial charge in [0.1, 0.15) is 0 Å². The van der Waals surface area contributed by atoms with Gasteiger partial charge >= 0.3 is 0 Å². The maximum absolute atomic E-state index is 14.0. The fourth-order valence-electron chi connectivity index (χ4n) is 8.76. The third-order valence-corrected chi connectivity index (χ3v) is 26.3. The summed E-state index contributed by atoms with van der Waals surface area (Å²) in [5.74, 6) is -0.341. The van der Waals surface area contributed by atoms with E-state index in [0.29, 0.717) is 64.3 Å². The van der Waals surface area contributed by atoms with Crippen molar-refractivity contribution in [1.82, 2.24) is 0 Å². The number of methoxy groups -OCH3 is 1. The first kappa shape index (κ1) is 55.6. The van der Waals surface area contributed by atoms with Crippen molar-refractivity contribution < 1.29 is 53.6 Å². The van der Waals surface area contributed by atoms with Gasteiger partial charge in [0.2, 0.25) is 0 Å². The number of benzene rings is 1. The van der Waals surface area contributed by atoms with Crippen LogP contribution in [0.25, 0.3) is 0 Å². The second-order valence-electron chi connectivity index (χ2n) is 22.1. The van der Waals surface area contributed by atoms with Gasteiger partial charge in [-0.2, -0.15) is 8.42 Å². The molecule has 3 aliphatic rings. The highest BCUT2D eigenvalue weighted by molar-refractivity contribution is 7.91. The molecule has 3 aliphatic heterocycles. The molecule has 3 fully saturated rings. The van der Waals surface area contributed by atoms with E-state index >= 15 is 0 Å². The summed E-state index contributed by atoms with van der Waals surface area (Å²) >= 11 is 0. The number of rotatable bonds is 25. The summed E-state index contributed by atoms with van der Waals surface area (Å²) in [5, 5.41) is -0.0254. The fourth-order valence-corrected chi connectivity index (χ4v) is 13.5. The van der Waals surface area contributed by atoms with Crippen LogP contribution in [-0.4, -0.2) is 121 Å². The topological polar surface area (TPSA) is 142 Å². The van der Waals surface area contributed by atoms with Crippen LogP contribution in [0.5, 0.6) is 0 Å². The Labute approximate surface area is 390 Å². The lowest BCUT2D eigenvalue weighted by molar-refractivity contribution is -0.0596. The number of ether oxygens (including phenoxy) is 5. The molecule has 0 spiro atoms.